The Morgan fingerprint density at radius 2 is 0.495 bits per heavy atom. The van der Waals surface area contributed by atoms with E-state index in [4.69, 9.17) is 37.0 Å². The number of hydrogen-bond acceptors (Lipinski definition) is 15. The van der Waals surface area contributed by atoms with Crippen molar-refractivity contribution in [3.8, 4) is 0 Å². The molecule has 3 N–H and O–H groups in total. The molecule has 0 bridgehead atoms. The summed E-state index contributed by atoms with van der Waals surface area (Å²) in [4.78, 5) is 72.9. The Morgan fingerprint density at radius 3 is 0.732 bits per heavy atom. The van der Waals surface area contributed by atoms with Gasteiger partial charge in [-0.3, -0.25) is 37.3 Å². The summed E-state index contributed by atoms with van der Waals surface area (Å²) in [6, 6.07) is 0. The van der Waals surface area contributed by atoms with Crippen molar-refractivity contribution in [2.75, 3.05) is 39.6 Å². The number of aliphatic hydroxyl groups is 1. The van der Waals surface area contributed by atoms with Crippen LogP contribution in [0, 0.1) is 23.7 Å². The first-order valence-electron chi connectivity index (χ1n) is 40.3. The van der Waals surface area contributed by atoms with Gasteiger partial charge in [0.15, 0.2) is 12.2 Å². The van der Waals surface area contributed by atoms with Crippen molar-refractivity contribution in [2.24, 2.45) is 23.7 Å². The first-order valence-corrected chi connectivity index (χ1v) is 43.3. The first-order chi connectivity index (χ1) is 46.7. The second-order valence-corrected chi connectivity index (χ2v) is 32.2. The van der Waals surface area contributed by atoms with E-state index in [1.54, 1.807) is 0 Å². The minimum absolute atomic E-state index is 0.105. The molecule has 0 heterocycles. The maximum absolute atomic E-state index is 13.1. The van der Waals surface area contributed by atoms with Crippen LogP contribution in [0.15, 0.2) is 0 Å². The van der Waals surface area contributed by atoms with Crippen LogP contribution in [-0.4, -0.2) is 96.7 Å². The summed E-state index contributed by atoms with van der Waals surface area (Å²) < 4.78 is 68.6. The molecule has 0 aliphatic carbocycles. The summed E-state index contributed by atoms with van der Waals surface area (Å²) in [5.41, 5.74) is 0. The summed E-state index contributed by atoms with van der Waals surface area (Å²) in [6.45, 7) is 14.2. The quantitative estimate of drug-likeness (QED) is 0.0222. The number of rotatable bonds is 75. The summed E-state index contributed by atoms with van der Waals surface area (Å²) in [7, 11) is -9.92. The van der Waals surface area contributed by atoms with E-state index in [0.29, 0.717) is 25.7 Å². The number of ether oxygens (including phenoxy) is 4. The Hall–Kier alpha value is -1.94. The molecule has 19 heteroatoms. The number of unbranched alkanes of at least 4 members (excludes halogenated alkanes) is 38. The van der Waals surface area contributed by atoms with Gasteiger partial charge in [-0.15, -0.1) is 0 Å². The van der Waals surface area contributed by atoms with Crippen LogP contribution in [0.5, 0.6) is 0 Å². The molecular formula is C78H152O17P2. The molecule has 97 heavy (non-hydrogen) atoms. The third-order valence-corrected chi connectivity index (χ3v) is 21.1. The highest BCUT2D eigenvalue weighted by molar-refractivity contribution is 7.47. The molecule has 0 aromatic heterocycles. The van der Waals surface area contributed by atoms with E-state index >= 15 is 0 Å². The molecule has 0 aromatic carbocycles. The average molecular weight is 1420 g/mol. The Kier molecular flexibility index (Phi) is 65.9. The van der Waals surface area contributed by atoms with Crippen LogP contribution in [0.25, 0.3) is 0 Å². The van der Waals surface area contributed by atoms with Crippen LogP contribution in [0.3, 0.4) is 0 Å². The summed E-state index contributed by atoms with van der Waals surface area (Å²) in [6.07, 6.45) is 52.7. The molecular weight excluding hydrogens is 1270 g/mol. The van der Waals surface area contributed by atoms with E-state index in [2.05, 4.69) is 55.4 Å². The van der Waals surface area contributed by atoms with E-state index in [1.165, 1.54) is 193 Å². The number of carbonyl (C=O) groups excluding carboxylic acids is 4. The van der Waals surface area contributed by atoms with E-state index in [9.17, 15) is 43.2 Å². The monoisotopic (exact) mass is 1420 g/mol. The van der Waals surface area contributed by atoms with Crippen molar-refractivity contribution in [1.29, 1.82) is 0 Å². The molecule has 0 aliphatic rings. The lowest BCUT2D eigenvalue weighted by Gasteiger charge is -2.21. The molecule has 5 unspecified atom stereocenters. The lowest BCUT2D eigenvalue weighted by Crippen LogP contribution is -2.30. The largest absolute Gasteiger partial charge is 0.472 e. The van der Waals surface area contributed by atoms with Gasteiger partial charge < -0.3 is 33.8 Å². The third kappa shape index (κ3) is 68.3. The van der Waals surface area contributed by atoms with Crippen molar-refractivity contribution in [3.05, 3.63) is 0 Å². The van der Waals surface area contributed by atoms with Crippen LogP contribution in [-0.2, 0) is 65.4 Å². The topological polar surface area (TPSA) is 237 Å². The van der Waals surface area contributed by atoms with E-state index < -0.39 is 97.5 Å². The number of phosphoric ester groups is 2. The van der Waals surface area contributed by atoms with Crippen molar-refractivity contribution in [3.63, 3.8) is 0 Å². The molecule has 0 radical (unpaired) electrons. The zero-order chi connectivity index (χ0) is 71.7. The Morgan fingerprint density at radius 1 is 0.289 bits per heavy atom. The fraction of sp³-hybridized carbons (Fsp3) is 0.949. The fourth-order valence-corrected chi connectivity index (χ4v) is 13.4. The minimum atomic E-state index is -4.96. The van der Waals surface area contributed by atoms with Gasteiger partial charge in [0.05, 0.1) is 26.4 Å². The maximum Gasteiger partial charge on any atom is 0.472 e. The number of esters is 4. The van der Waals surface area contributed by atoms with Crippen molar-refractivity contribution in [2.45, 2.75) is 414 Å². The Bertz CT molecular complexity index is 1910. The molecule has 0 saturated carbocycles. The molecule has 0 rings (SSSR count). The van der Waals surface area contributed by atoms with Crippen molar-refractivity contribution in [1.82, 2.24) is 0 Å². The van der Waals surface area contributed by atoms with Gasteiger partial charge >= 0.3 is 39.5 Å². The second kappa shape index (κ2) is 67.2. The predicted molar refractivity (Wildman–Crippen MR) is 395 cm³/mol. The molecule has 576 valence electrons. The van der Waals surface area contributed by atoms with Gasteiger partial charge in [0, 0.05) is 25.7 Å². The second-order valence-electron chi connectivity index (χ2n) is 29.3. The molecule has 0 aliphatic heterocycles. The minimum Gasteiger partial charge on any atom is -0.462 e. The molecule has 0 aromatic rings. The van der Waals surface area contributed by atoms with Gasteiger partial charge in [0.25, 0.3) is 0 Å². The molecule has 0 amide bonds. The molecule has 0 spiro atoms. The number of aliphatic hydroxyl groups excluding tert-OH is 1. The van der Waals surface area contributed by atoms with Gasteiger partial charge in [-0.05, 0) is 49.4 Å². The zero-order valence-corrected chi connectivity index (χ0v) is 65.5. The van der Waals surface area contributed by atoms with E-state index in [1.807, 2.05) is 0 Å². The lowest BCUT2D eigenvalue weighted by molar-refractivity contribution is -0.161. The molecule has 0 saturated heterocycles. The van der Waals surface area contributed by atoms with Gasteiger partial charge in [0.2, 0.25) is 0 Å². The fourth-order valence-electron chi connectivity index (χ4n) is 11.8. The predicted octanol–water partition coefficient (Wildman–Crippen LogP) is 22.8. The average Bonchev–Trinajstić information content (AvgIpc) is 1.04. The highest BCUT2D eigenvalue weighted by Crippen LogP contribution is 2.45. The van der Waals surface area contributed by atoms with Crippen LogP contribution in [0.2, 0.25) is 0 Å². The molecule has 8 atom stereocenters. The summed E-state index contributed by atoms with van der Waals surface area (Å²) >= 11 is 0. The normalized spacial score (nSPS) is 14.9. The van der Waals surface area contributed by atoms with Gasteiger partial charge in [0.1, 0.15) is 19.3 Å². The van der Waals surface area contributed by atoms with Gasteiger partial charge in [-0.25, -0.2) is 9.13 Å². The van der Waals surface area contributed by atoms with Crippen molar-refractivity contribution < 1.29 is 80.2 Å². The number of hydrogen-bond donors (Lipinski definition) is 3. The van der Waals surface area contributed by atoms with Crippen LogP contribution in [0.1, 0.15) is 396 Å². The summed E-state index contributed by atoms with van der Waals surface area (Å²) in [5, 5.41) is 10.6. The highest BCUT2D eigenvalue weighted by Gasteiger charge is 2.30. The number of phosphoric acid groups is 2. The maximum atomic E-state index is 13.1. The highest BCUT2D eigenvalue weighted by atomic mass is 31.2. The van der Waals surface area contributed by atoms with Crippen molar-refractivity contribution >= 4 is 39.5 Å². The SMILES string of the molecule is CCC(C)CCCCCCCCCCCCC(=O)O[C@H](COC(=O)CCCCCCCCC(C)CC)COP(=O)(O)OC[C@H](O)COP(=O)(O)OC[C@@H](COC(=O)CCCCCCCCCCCCCCCCCCCCC(C)C)OC(=O)CCCCCCCCCCC(C)CC. The third-order valence-electron chi connectivity index (χ3n) is 19.2. The van der Waals surface area contributed by atoms with Gasteiger partial charge in [-0.1, -0.05) is 344 Å². The Labute approximate surface area is 594 Å². The Balaban J connectivity index is 5.19. The van der Waals surface area contributed by atoms with Crippen LogP contribution >= 0.6 is 15.6 Å². The zero-order valence-electron chi connectivity index (χ0n) is 63.7. The summed E-state index contributed by atoms with van der Waals surface area (Å²) in [5.74, 6) is 1.00. The van der Waals surface area contributed by atoms with Crippen LogP contribution < -0.4 is 0 Å². The van der Waals surface area contributed by atoms with E-state index in [-0.39, 0.29) is 25.7 Å². The van der Waals surface area contributed by atoms with E-state index in [0.717, 1.165) is 120 Å². The van der Waals surface area contributed by atoms with Crippen LogP contribution in [0.4, 0.5) is 0 Å². The smallest absolute Gasteiger partial charge is 0.462 e. The molecule has 17 nitrogen and oxygen atoms in total. The molecule has 0 fully saturated rings. The van der Waals surface area contributed by atoms with Gasteiger partial charge in [-0.2, -0.15) is 0 Å². The number of carbonyl (C=O) groups is 4. The lowest BCUT2D eigenvalue weighted by atomic mass is 9.99. The standard InChI is InChI=1S/C78H152O17P2/c1-9-69(6)55-47-39-31-25-22-23-27-34-44-52-60-77(82)94-74(65-89-76(81)59-51-43-37-36-41-49-57-71(8)11-3)67-93-97(86,87)91-63-72(79)62-90-96(84,85)92-66-73(95-78(83)61-53-45-35-29-28-32-40-48-56-70(7)10-2)64-88-75(80)58-50-42-33-26-21-19-17-15-13-12-14-16-18-20-24-30-38-46-54-68(4)5/h68-74,79H,9-67H2,1-8H3,(H,84,85)(H,86,87)/t69?,70?,71?,72-,73-,74-/m1/s1. The first kappa shape index (κ1) is 95.1.